The molecule has 1 aromatic rings. The topological polar surface area (TPSA) is 37.3 Å². The molecular formula is C27H36O2S. The largest absolute Gasteiger partial charge is 0.393 e. The van der Waals surface area contributed by atoms with Crippen LogP contribution >= 0.6 is 11.8 Å². The molecule has 1 aromatic carbocycles. The maximum atomic E-state index is 13.2. The Balaban J connectivity index is 1.36. The zero-order chi connectivity index (χ0) is 21.1. The number of benzene rings is 1. The number of hydrogen-bond donors (Lipinski definition) is 1. The molecule has 4 aliphatic rings. The number of hydrogen-bond acceptors (Lipinski definition) is 3. The van der Waals surface area contributed by atoms with Crippen LogP contribution in [0.1, 0.15) is 64.4 Å². The average molecular weight is 425 g/mol. The minimum absolute atomic E-state index is 0.147. The Labute approximate surface area is 185 Å². The number of carbonyl (C=O) groups is 1. The molecule has 1 N–H and O–H groups in total. The van der Waals surface area contributed by atoms with Crippen LogP contribution in [-0.4, -0.2) is 22.7 Å². The second-order valence-electron chi connectivity index (χ2n) is 11.0. The first-order chi connectivity index (χ1) is 14.3. The summed E-state index contributed by atoms with van der Waals surface area (Å²) in [7, 11) is 0. The van der Waals surface area contributed by atoms with Gasteiger partial charge in [-0.2, -0.15) is 0 Å². The molecule has 2 nitrogen and oxygen atoms in total. The molecule has 0 heterocycles. The third kappa shape index (κ3) is 3.23. The van der Waals surface area contributed by atoms with E-state index < -0.39 is 0 Å². The average Bonchev–Trinajstić information content (AvgIpc) is 2.98. The van der Waals surface area contributed by atoms with Crippen LogP contribution in [0.25, 0.3) is 0 Å². The monoisotopic (exact) mass is 424 g/mol. The van der Waals surface area contributed by atoms with Crippen LogP contribution in [0.15, 0.2) is 40.8 Å². The van der Waals surface area contributed by atoms with Gasteiger partial charge in [0, 0.05) is 23.0 Å². The second-order valence-corrected chi connectivity index (χ2v) is 12.1. The predicted molar refractivity (Wildman–Crippen MR) is 123 cm³/mol. The number of aliphatic hydroxyl groups excluding tert-OH is 1. The molecule has 0 amide bonds. The van der Waals surface area contributed by atoms with E-state index in [4.69, 9.17) is 0 Å². The van der Waals surface area contributed by atoms with Gasteiger partial charge in [0.2, 0.25) is 0 Å². The number of aryl methyl sites for hydroxylation is 1. The van der Waals surface area contributed by atoms with Crippen LogP contribution in [0.4, 0.5) is 0 Å². The molecule has 4 aliphatic carbocycles. The van der Waals surface area contributed by atoms with Gasteiger partial charge in [-0.05, 0) is 86.2 Å². The summed E-state index contributed by atoms with van der Waals surface area (Å²) in [5.74, 6) is 3.51. The standard InChI is InChI=1S/C27H36O2S/c1-17-4-7-20(8-5-17)30-16-24-25(29)15-23-21-9-6-18-14-19(28)10-12-26(18,2)22(21)11-13-27(23,24)3/h4-8,19,21-24,28H,9-16H2,1-3H3/t19-,21+,22-,23-,24-,26-,27-/m0/s1. The molecule has 3 saturated carbocycles. The van der Waals surface area contributed by atoms with Gasteiger partial charge in [-0.25, -0.2) is 0 Å². The molecular weight excluding hydrogens is 388 g/mol. The number of Topliss-reactive ketones (excluding diaryl/α,β-unsaturated/α-hetero) is 1. The van der Waals surface area contributed by atoms with Crippen molar-refractivity contribution in [1.29, 1.82) is 0 Å². The summed E-state index contributed by atoms with van der Waals surface area (Å²) < 4.78 is 0. The number of ketones is 1. The predicted octanol–water partition coefficient (Wildman–Crippen LogP) is 6.21. The van der Waals surface area contributed by atoms with E-state index >= 15 is 0 Å². The minimum Gasteiger partial charge on any atom is -0.393 e. The Kier molecular flexibility index (Phi) is 5.22. The van der Waals surface area contributed by atoms with Crippen molar-refractivity contribution in [1.82, 2.24) is 0 Å². The molecule has 0 aliphatic heterocycles. The second kappa shape index (κ2) is 7.52. The Morgan fingerprint density at radius 2 is 1.83 bits per heavy atom. The highest BCUT2D eigenvalue weighted by Crippen LogP contribution is 2.65. The fourth-order valence-electron chi connectivity index (χ4n) is 7.63. The van der Waals surface area contributed by atoms with Gasteiger partial charge < -0.3 is 5.11 Å². The third-order valence-electron chi connectivity index (χ3n) is 9.56. The minimum atomic E-state index is -0.147. The first kappa shape index (κ1) is 20.8. The molecule has 5 rings (SSSR count). The quantitative estimate of drug-likeness (QED) is 0.463. The highest BCUT2D eigenvalue weighted by atomic mass is 32.2. The van der Waals surface area contributed by atoms with Gasteiger partial charge in [-0.15, -0.1) is 11.8 Å². The van der Waals surface area contributed by atoms with Gasteiger partial charge in [0.15, 0.2) is 0 Å². The van der Waals surface area contributed by atoms with Gasteiger partial charge in [-0.3, -0.25) is 4.79 Å². The van der Waals surface area contributed by atoms with Crippen molar-refractivity contribution in [2.75, 3.05) is 5.75 Å². The van der Waals surface area contributed by atoms with Crippen LogP contribution in [-0.2, 0) is 4.79 Å². The summed E-state index contributed by atoms with van der Waals surface area (Å²) in [6.07, 6.45) is 9.59. The Bertz CT molecular complexity index is 858. The van der Waals surface area contributed by atoms with E-state index in [1.807, 2.05) is 11.8 Å². The van der Waals surface area contributed by atoms with Crippen LogP contribution < -0.4 is 0 Å². The summed E-state index contributed by atoms with van der Waals surface area (Å²) in [6, 6.07) is 8.73. The molecule has 0 spiro atoms. The molecule has 0 bridgehead atoms. The summed E-state index contributed by atoms with van der Waals surface area (Å²) >= 11 is 1.87. The first-order valence-corrected chi connectivity index (χ1v) is 12.9. The fourth-order valence-corrected chi connectivity index (χ4v) is 8.89. The zero-order valence-electron chi connectivity index (χ0n) is 18.7. The maximum Gasteiger partial charge on any atom is 0.137 e. The first-order valence-electron chi connectivity index (χ1n) is 11.9. The molecule has 0 radical (unpaired) electrons. The van der Waals surface area contributed by atoms with Gasteiger partial charge in [0.1, 0.15) is 5.78 Å². The number of carbonyl (C=O) groups excluding carboxylic acids is 1. The zero-order valence-corrected chi connectivity index (χ0v) is 19.5. The van der Waals surface area contributed by atoms with Crippen LogP contribution in [0.3, 0.4) is 0 Å². The van der Waals surface area contributed by atoms with Crippen molar-refractivity contribution in [3.05, 3.63) is 41.5 Å². The number of thioether (sulfide) groups is 1. The summed E-state index contributed by atoms with van der Waals surface area (Å²) in [5, 5.41) is 10.2. The number of fused-ring (bicyclic) bond motifs is 5. The van der Waals surface area contributed by atoms with E-state index in [1.54, 1.807) is 0 Å². The van der Waals surface area contributed by atoms with Crippen LogP contribution in [0, 0.1) is 41.4 Å². The SMILES string of the molecule is Cc1ccc(SC[C@H]2C(=O)C[C@H]3[C@@H]4CC=C5C[C@@H](O)CC[C@]5(C)[C@H]4CC[C@]23C)cc1. The van der Waals surface area contributed by atoms with Crippen molar-refractivity contribution in [3.63, 3.8) is 0 Å². The molecule has 0 saturated heterocycles. The van der Waals surface area contributed by atoms with E-state index in [0.29, 0.717) is 23.5 Å². The number of rotatable bonds is 3. The maximum absolute atomic E-state index is 13.2. The Hall–Kier alpha value is -1.06. The smallest absolute Gasteiger partial charge is 0.137 e. The van der Waals surface area contributed by atoms with Crippen molar-refractivity contribution < 1.29 is 9.90 Å². The van der Waals surface area contributed by atoms with Gasteiger partial charge in [-0.1, -0.05) is 43.2 Å². The molecule has 3 fully saturated rings. The van der Waals surface area contributed by atoms with Crippen molar-refractivity contribution in [2.24, 2.45) is 34.5 Å². The highest BCUT2D eigenvalue weighted by Gasteiger charge is 2.60. The summed E-state index contributed by atoms with van der Waals surface area (Å²) in [6.45, 7) is 7.02. The Morgan fingerprint density at radius 3 is 2.60 bits per heavy atom. The lowest BCUT2D eigenvalue weighted by Gasteiger charge is -2.57. The molecule has 0 unspecified atom stereocenters. The fraction of sp³-hybridized carbons (Fsp3) is 0.667. The lowest BCUT2D eigenvalue weighted by atomic mass is 9.47. The molecule has 162 valence electrons. The summed E-state index contributed by atoms with van der Waals surface area (Å²) in [4.78, 5) is 14.5. The summed E-state index contributed by atoms with van der Waals surface area (Å²) in [5.41, 5.74) is 3.21. The number of allylic oxidation sites excluding steroid dienone is 1. The Morgan fingerprint density at radius 1 is 1.07 bits per heavy atom. The van der Waals surface area contributed by atoms with Crippen LogP contribution in [0.2, 0.25) is 0 Å². The lowest BCUT2D eigenvalue weighted by molar-refractivity contribution is -0.121. The van der Waals surface area contributed by atoms with Crippen molar-refractivity contribution in [2.45, 2.75) is 76.7 Å². The van der Waals surface area contributed by atoms with Gasteiger partial charge in [0.25, 0.3) is 0 Å². The highest BCUT2D eigenvalue weighted by molar-refractivity contribution is 7.99. The van der Waals surface area contributed by atoms with Crippen LogP contribution in [0.5, 0.6) is 0 Å². The lowest BCUT2D eigenvalue weighted by Crippen LogP contribution is -2.50. The van der Waals surface area contributed by atoms with Gasteiger partial charge >= 0.3 is 0 Å². The van der Waals surface area contributed by atoms with Crippen molar-refractivity contribution in [3.8, 4) is 0 Å². The van der Waals surface area contributed by atoms with Crippen molar-refractivity contribution >= 4 is 17.5 Å². The van der Waals surface area contributed by atoms with E-state index in [2.05, 4.69) is 51.1 Å². The third-order valence-corrected chi connectivity index (χ3v) is 10.7. The molecule has 7 atom stereocenters. The van der Waals surface area contributed by atoms with Gasteiger partial charge in [0.05, 0.1) is 6.10 Å². The number of aliphatic hydroxyl groups is 1. The van der Waals surface area contributed by atoms with E-state index in [9.17, 15) is 9.90 Å². The molecule has 3 heteroatoms. The molecule has 0 aromatic heterocycles. The van der Waals surface area contributed by atoms with E-state index in [-0.39, 0.29) is 22.9 Å². The normalized spacial score (nSPS) is 42.9. The van der Waals surface area contributed by atoms with E-state index in [1.165, 1.54) is 28.9 Å². The molecule has 30 heavy (non-hydrogen) atoms. The van der Waals surface area contributed by atoms with E-state index in [0.717, 1.165) is 37.9 Å².